The molecule has 1 saturated heterocycles. The summed E-state index contributed by atoms with van der Waals surface area (Å²) in [6.07, 6.45) is 0.689. The van der Waals surface area contributed by atoms with E-state index in [4.69, 9.17) is 9.47 Å². The second-order valence-corrected chi connectivity index (χ2v) is 7.08. The van der Waals surface area contributed by atoms with E-state index in [0.29, 0.717) is 19.6 Å². The zero-order chi connectivity index (χ0) is 15.0. The normalized spacial score (nSPS) is 22.0. The van der Waals surface area contributed by atoms with E-state index in [0.717, 1.165) is 10.4 Å². The Labute approximate surface area is 121 Å². The van der Waals surface area contributed by atoms with E-state index < -0.39 is 21.7 Å². The van der Waals surface area contributed by atoms with Crippen molar-refractivity contribution in [1.29, 1.82) is 0 Å². The van der Waals surface area contributed by atoms with Gasteiger partial charge in [-0.2, -0.15) is 4.39 Å². The van der Waals surface area contributed by atoms with Crippen molar-refractivity contribution < 1.29 is 26.7 Å². The number of sulfonamides is 1. The Hall–Kier alpha value is -1.41. The van der Waals surface area contributed by atoms with E-state index in [2.05, 4.69) is 0 Å². The molecule has 1 aromatic carbocycles. The SMILES string of the molecule is O=S(=O)(CC1CCOC1)N1CCOc2c1ccc(F)c2F. The Bertz CT molecular complexity index is 644. The van der Waals surface area contributed by atoms with Gasteiger partial charge in [0.25, 0.3) is 0 Å². The quantitative estimate of drug-likeness (QED) is 0.848. The fraction of sp³-hybridized carbons (Fsp3) is 0.538. The third-order valence-electron chi connectivity index (χ3n) is 3.64. The Morgan fingerprint density at radius 2 is 2.10 bits per heavy atom. The highest BCUT2D eigenvalue weighted by Crippen LogP contribution is 2.37. The first-order chi connectivity index (χ1) is 9.99. The van der Waals surface area contributed by atoms with Crippen LogP contribution >= 0.6 is 0 Å². The lowest BCUT2D eigenvalue weighted by atomic mass is 10.2. The summed E-state index contributed by atoms with van der Waals surface area (Å²) in [7, 11) is -3.63. The van der Waals surface area contributed by atoms with Gasteiger partial charge in [-0.25, -0.2) is 12.8 Å². The minimum atomic E-state index is -3.63. The molecule has 0 aromatic heterocycles. The van der Waals surface area contributed by atoms with E-state index in [9.17, 15) is 17.2 Å². The summed E-state index contributed by atoms with van der Waals surface area (Å²) in [5.74, 6) is -2.68. The molecular weight excluding hydrogens is 304 g/mol. The molecule has 1 atom stereocenters. The summed E-state index contributed by atoms with van der Waals surface area (Å²) in [5.41, 5.74) is 0.0547. The maximum absolute atomic E-state index is 13.7. The molecule has 0 N–H and O–H groups in total. The number of hydrogen-bond donors (Lipinski definition) is 0. The highest BCUT2D eigenvalue weighted by Gasteiger charge is 2.34. The zero-order valence-corrected chi connectivity index (χ0v) is 12.0. The van der Waals surface area contributed by atoms with Crippen LogP contribution in [-0.4, -0.2) is 40.5 Å². The van der Waals surface area contributed by atoms with E-state index in [-0.39, 0.29) is 36.3 Å². The third-order valence-corrected chi connectivity index (χ3v) is 5.59. The molecule has 2 aliphatic rings. The number of fused-ring (bicyclic) bond motifs is 1. The summed E-state index contributed by atoms with van der Waals surface area (Å²) in [5, 5.41) is 0. The minimum Gasteiger partial charge on any atom is -0.486 e. The van der Waals surface area contributed by atoms with Gasteiger partial charge in [-0.15, -0.1) is 0 Å². The monoisotopic (exact) mass is 319 g/mol. The lowest BCUT2D eigenvalue weighted by Gasteiger charge is -2.31. The van der Waals surface area contributed by atoms with Crippen LogP contribution in [0.4, 0.5) is 14.5 Å². The highest BCUT2D eigenvalue weighted by molar-refractivity contribution is 7.92. The van der Waals surface area contributed by atoms with Gasteiger partial charge in [0.15, 0.2) is 11.6 Å². The maximum Gasteiger partial charge on any atom is 0.235 e. The van der Waals surface area contributed by atoms with Crippen molar-refractivity contribution in [2.24, 2.45) is 5.92 Å². The van der Waals surface area contributed by atoms with Crippen LogP contribution in [0.3, 0.4) is 0 Å². The molecule has 2 heterocycles. The molecule has 8 heteroatoms. The highest BCUT2D eigenvalue weighted by atomic mass is 32.2. The lowest BCUT2D eigenvalue weighted by Crippen LogP contribution is -2.41. The second kappa shape index (κ2) is 5.42. The van der Waals surface area contributed by atoms with E-state index in [1.165, 1.54) is 6.07 Å². The fourth-order valence-corrected chi connectivity index (χ4v) is 4.43. The second-order valence-electron chi connectivity index (χ2n) is 5.14. The van der Waals surface area contributed by atoms with Crippen LogP contribution in [0.15, 0.2) is 12.1 Å². The van der Waals surface area contributed by atoms with Gasteiger partial charge in [0, 0.05) is 12.5 Å². The zero-order valence-electron chi connectivity index (χ0n) is 11.2. The van der Waals surface area contributed by atoms with Crippen LogP contribution in [0.5, 0.6) is 5.75 Å². The Morgan fingerprint density at radius 3 is 2.81 bits per heavy atom. The Morgan fingerprint density at radius 1 is 1.29 bits per heavy atom. The smallest absolute Gasteiger partial charge is 0.235 e. The number of rotatable bonds is 3. The van der Waals surface area contributed by atoms with Gasteiger partial charge in [0.05, 0.1) is 24.6 Å². The lowest BCUT2D eigenvalue weighted by molar-refractivity contribution is 0.188. The minimum absolute atomic E-state index is 0.00618. The van der Waals surface area contributed by atoms with Crippen molar-refractivity contribution in [3.8, 4) is 5.75 Å². The average molecular weight is 319 g/mol. The van der Waals surface area contributed by atoms with Gasteiger partial charge in [-0.05, 0) is 18.6 Å². The number of nitrogens with zero attached hydrogens (tertiary/aromatic N) is 1. The van der Waals surface area contributed by atoms with Crippen LogP contribution in [0.25, 0.3) is 0 Å². The van der Waals surface area contributed by atoms with Crippen LogP contribution in [0.1, 0.15) is 6.42 Å². The molecule has 1 aromatic rings. The van der Waals surface area contributed by atoms with Crippen molar-refractivity contribution in [2.75, 3.05) is 36.4 Å². The maximum atomic E-state index is 13.7. The Kier molecular flexibility index (Phi) is 3.75. The van der Waals surface area contributed by atoms with Crippen LogP contribution in [-0.2, 0) is 14.8 Å². The fourth-order valence-electron chi connectivity index (χ4n) is 2.60. The number of benzene rings is 1. The van der Waals surface area contributed by atoms with Gasteiger partial charge in [-0.1, -0.05) is 0 Å². The summed E-state index contributed by atoms with van der Waals surface area (Å²) in [6, 6.07) is 2.14. The third kappa shape index (κ3) is 2.69. The molecule has 0 saturated carbocycles. The number of ether oxygens (including phenoxy) is 2. The number of anilines is 1. The summed E-state index contributed by atoms with van der Waals surface area (Å²) in [6.45, 7) is 1.05. The van der Waals surface area contributed by atoms with Crippen molar-refractivity contribution >= 4 is 15.7 Å². The van der Waals surface area contributed by atoms with E-state index in [1.54, 1.807) is 0 Å². The summed E-state index contributed by atoms with van der Waals surface area (Å²) in [4.78, 5) is 0. The van der Waals surface area contributed by atoms with Crippen LogP contribution in [0, 0.1) is 17.6 Å². The van der Waals surface area contributed by atoms with Gasteiger partial charge >= 0.3 is 0 Å². The summed E-state index contributed by atoms with van der Waals surface area (Å²) >= 11 is 0. The largest absolute Gasteiger partial charge is 0.486 e. The van der Waals surface area contributed by atoms with Gasteiger partial charge in [0.1, 0.15) is 6.61 Å². The van der Waals surface area contributed by atoms with Crippen molar-refractivity contribution in [3.05, 3.63) is 23.8 Å². The standard InChI is InChI=1S/C13H15F2NO4S/c14-10-1-2-11-13(12(10)15)20-6-4-16(11)21(17,18)8-9-3-5-19-7-9/h1-2,9H,3-8H2. The van der Waals surface area contributed by atoms with Gasteiger partial charge < -0.3 is 9.47 Å². The Balaban J connectivity index is 1.92. The molecule has 0 bridgehead atoms. The molecule has 3 rings (SSSR count). The molecule has 5 nitrogen and oxygen atoms in total. The van der Waals surface area contributed by atoms with Crippen molar-refractivity contribution in [1.82, 2.24) is 0 Å². The molecule has 1 unspecified atom stereocenters. The molecule has 1 fully saturated rings. The molecular formula is C13H15F2NO4S. The summed E-state index contributed by atoms with van der Waals surface area (Å²) < 4.78 is 63.3. The molecule has 0 aliphatic carbocycles. The number of hydrogen-bond acceptors (Lipinski definition) is 4. The first-order valence-electron chi connectivity index (χ1n) is 6.68. The molecule has 21 heavy (non-hydrogen) atoms. The molecule has 0 radical (unpaired) electrons. The van der Waals surface area contributed by atoms with E-state index in [1.807, 2.05) is 0 Å². The molecule has 2 aliphatic heterocycles. The predicted octanol–water partition coefficient (Wildman–Crippen LogP) is 1.53. The van der Waals surface area contributed by atoms with Gasteiger partial charge in [-0.3, -0.25) is 4.31 Å². The molecule has 116 valence electrons. The predicted molar refractivity (Wildman–Crippen MR) is 71.9 cm³/mol. The van der Waals surface area contributed by atoms with Crippen LogP contribution in [0.2, 0.25) is 0 Å². The average Bonchev–Trinajstić information content (AvgIpc) is 2.94. The van der Waals surface area contributed by atoms with Crippen molar-refractivity contribution in [2.45, 2.75) is 6.42 Å². The topological polar surface area (TPSA) is 55.8 Å². The first kappa shape index (κ1) is 14.5. The van der Waals surface area contributed by atoms with Crippen LogP contribution < -0.4 is 9.04 Å². The van der Waals surface area contributed by atoms with Gasteiger partial charge in [0.2, 0.25) is 15.8 Å². The van der Waals surface area contributed by atoms with E-state index >= 15 is 0 Å². The molecule has 0 amide bonds. The number of halogens is 2. The van der Waals surface area contributed by atoms with Crippen molar-refractivity contribution in [3.63, 3.8) is 0 Å². The molecule has 0 spiro atoms. The first-order valence-corrected chi connectivity index (χ1v) is 8.29.